The summed E-state index contributed by atoms with van der Waals surface area (Å²) >= 11 is 13.5. The zero-order chi connectivity index (χ0) is 21.3. The normalized spacial score (nSPS) is 23.5. The molecule has 2 aromatic carbocycles. The van der Waals surface area contributed by atoms with E-state index in [4.69, 9.17) is 27.9 Å². The van der Waals surface area contributed by atoms with Crippen molar-refractivity contribution in [2.45, 2.75) is 17.8 Å². The molecule has 0 unspecified atom stereocenters. The van der Waals surface area contributed by atoms with Crippen LogP contribution in [0.15, 0.2) is 53.5 Å². The lowest BCUT2D eigenvalue weighted by Gasteiger charge is -2.25. The maximum Gasteiger partial charge on any atom is 0.285 e. The van der Waals surface area contributed by atoms with Crippen LogP contribution in [0.5, 0.6) is 5.75 Å². The topological polar surface area (TPSA) is 76.0 Å². The van der Waals surface area contributed by atoms with Crippen LogP contribution >= 0.6 is 35.0 Å². The molecule has 0 aromatic heterocycles. The van der Waals surface area contributed by atoms with E-state index in [2.05, 4.69) is 4.99 Å². The summed E-state index contributed by atoms with van der Waals surface area (Å²) < 4.78 is 29.7. The third-order valence-electron chi connectivity index (χ3n) is 4.87. The Morgan fingerprint density at radius 3 is 2.60 bits per heavy atom. The first-order valence-electron chi connectivity index (χ1n) is 9.18. The Morgan fingerprint density at radius 2 is 1.87 bits per heavy atom. The number of rotatable bonds is 5. The molecule has 0 bridgehead atoms. The number of hydrogen-bond acceptors (Lipinski definition) is 5. The van der Waals surface area contributed by atoms with Gasteiger partial charge in [0.15, 0.2) is 21.6 Å². The fourth-order valence-corrected chi connectivity index (χ4v) is 7.74. The molecule has 0 saturated carbocycles. The summed E-state index contributed by atoms with van der Waals surface area (Å²) in [5, 5.41) is 1.52. The zero-order valence-corrected chi connectivity index (χ0v) is 18.8. The molecule has 0 aliphatic carbocycles. The van der Waals surface area contributed by atoms with Gasteiger partial charge in [0.1, 0.15) is 5.75 Å². The molecule has 0 radical (unpaired) electrons. The van der Waals surface area contributed by atoms with Crippen LogP contribution < -0.4 is 4.74 Å². The number of amidine groups is 1. The SMILES string of the molecule is O=C(COc1ccc(Cl)cc1)N=C1S[C@H]2CS(=O)(=O)C[C@H]2N1Cc1ccccc1Cl. The van der Waals surface area contributed by atoms with E-state index in [1.807, 2.05) is 23.1 Å². The highest BCUT2D eigenvalue weighted by Gasteiger charge is 2.48. The maximum absolute atomic E-state index is 12.4. The van der Waals surface area contributed by atoms with Crippen LogP contribution in [-0.2, 0) is 21.2 Å². The molecule has 2 aliphatic rings. The Labute approximate surface area is 189 Å². The summed E-state index contributed by atoms with van der Waals surface area (Å²) in [6, 6.07) is 13.8. The first-order chi connectivity index (χ1) is 14.3. The quantitative estimate of drug-likeness (QED) is 0.644. The summed E-state index contributed by atoms with van der Waals surface area (Å²) in [5.41, 5.74) is 0.849. The number of sulfone groups is 1. The third kappa shape index (κ3) is 4.94. The lowest BCUT2D eigenvalue weighted by Crippen LogP contribution is -2.37. The van der Waals surface area contributed by atoms with Gasteiger partial charge in [0.2, 0.25) is 0 Å². The molecule has 0 N–H and O–H groups in total. The number of carbonyl (C=O) groups is 1. The molecule has 2 aromatic rings. The number of halogens is 2. The second-order valence-electron chi connectivity index (χ2n) is 7.05. The van der Waals surface area contributed by atoms with E-state index < -0.39 is 15.7 Å². The van der Waals surface area contributed by atoms with Crippen molar-refractivity contribution >= 4 is 55.9 Å². The summed E-state index contributed by atoms with van der Waals surface area (Å²) in [5.74, 6) is 0.196. The minimum absolute atomic E-state index is 0.0452. The van der Waals surface area contributed by atoms with E-state index >= 15 is 0 Å². The molecule has 10 heteroatoms. The Balaban J connectivity index is 1.51. The molecular formula is C20H18Cl2N2O4S2. The van der Waals surface area contributed by atoms with Crippen molar-refractivity contribution in [1.29, 1.82) is 0 Å². The molecule has 1 amide bonds. The maximum atomic E-state index is 12.4. The first-order valence-corrected chi connectivity index (χ1v) is 12.6. The highest BCUT2D eigenvalue weighted by molar-refractivity contribution is 8.15. The number of amides is 1. The fraction of sp³-hybridized carbons (Fsp3) is 0.300. The van der Waals surface area contributed by atoms with E-state index in [1.165, 1.54) is 11.8 Å². The van der Waals surface area contributed by atoms with Crippen molar-refractivity contribution < 1.29 is 17.9 Å². The number of thioether (sulfide) groups is 1. The van der Waals surface area contributed by atoms with Crippen LogP contribution in [0.1, 0.15) is 5.56 Å². The molecule has 30 heavy (non-hydrogen) atoms. The minimum Gasteiger partial charge on any atom is -0.484 e. The lowest BCUT2D eigenvalue weighted by atomic mass is 10.1. The van der Waals surface area contributed by atoms with Crippen LogP contribution in [0, 0.1) is 0 Å². The van der Waals surface area contributed by atoms with Crippen LogP contribution in [0.3, 0.4) is 0 Å². The van der Waals surface area contributed by atoms with Crippen LogP contribution in [0.25, 0.3) is 0 Å². The number of nitrogens with zero attached hydrogens (tertiary/aromatic N) is 2. The number of hydrogen-bond donors (Lipinski definition) is 0. The van der Waals surface area contributed by atoms with Crippen molar-refractivity contribution in [3.63, 3.8) is 0 Å². The summed E-state index contributed by atoms with van der Waals surface area (Å²) in [6.07, 6.45) is 0. The second-order valence-corrected chi connectivity index (χ2v) is 11.3. The number of aliphatic imine (C=N–C) groups is 1. The van der Waals surface area contributed by atoms with Gasteiger partial charge < -0.3 is 9.64 Å². The molecular weight excluding hydrogens is 467 g/mol. The van der Waals surface area contributed by atoms with E-state index in [9.17, 15) is 13.2 Å². The van der Waals surface area contributed by atoms with Gasteiger partial charge in [0, 0.05) is 21.8 Å². The van der Waals surface area contributed by atoms with Gasteiger partial charge in [-0.25, -0.2) is 8.42 Å². The van der Waals surface area contributed by atoms with Gasteiger partial charge in [0.05, 0.1) is 17.5 Å². The van der Waals surface area contributed by atoms with Crippen molar-refractivity contribution in [1.82, 2.24) is 4.90 Å². The summed E-state index contributed by atoms with van der Waals surface area (Å²) in [6.45, 7) is 0.159. The summed E-state index contributed by atoms with van der Waals surface area (Å²) in [4.78, 5) is 18.5. The fourth-order valence-electron chi connectivity index (χ4n) is 3.45. The Morgan fingerprint density at radius 1 is 1.13 bits per heavy atom. The van der Waals surface area contributed by atoms with E-state index in [0.29, 0.717) is 27.5 Å². The van der Waals surface area contributed by atoms with Gasteiger partial charge in [-0.1, -0.05) is 53.2 Å². The van der Waals surface area contributed by atoms with Gasteiger partial charge in [-0.15, -0.1) is 0 Å². The van der Waals surface area contributed by atoms with E-state index in [1.54, 1.807) is 30.3 Å². The first kappa shape index (κ1) is 21.5. The van der Waals surface area contributed by atoms with Gasteiger partial charge in [-0.2, -0.15) is 4.99 Å². The highest BCUT2D eigenvalue weighted by atomic mass is 35.5. The van der Waals surface area contributed by atoms with Gasteiger partial charge in [0.25, 0.3) is 5.91 Å². The number of carbonyl (C=O) groups excluding carboxylic acids is 1. The number of fused-ring (bicyclic) bond motifs is 1. The molecule has 2 fully saturated rings. The Bertz CT molecular complexity index is 1090. The summed E-state index contributed by atoms with van der Waals surface area (Å²) in [7, 11) is -3.11. The lowest BCUT2D eigenvalue weighted by molar-refractivity contribution is -0.119. The molecule has 4 rings (SSSR count). The van der Waals surface area contributed by atoms with Crippen molar-refractivity contribution in [3.05, 3.63) is 64.1 Å². The Kier molecular flexibility index (Phi) is 6.29. The monoisotopic (exact) mass is 484 g/mol. The Hall–Kier alpha value is -1.74. The number of ether oxygens (including phenoxy) is 1. The smallest absolute Gasteiger partial charge is 0.285 e. The van der Waals surface area contributed by atoms with Gasteiger partial charge in [-0.3, -0.25) is 4.79 Å². The molecule has 158 valence electrons. The van der Waals surface area contributed by atoms with Crippen molar-refractivity contribution in [2.24, 2.45) is 4.99 Å². The molecule has 2 saturated heterocycles. The predicted molar refractivity (Wildman–Crippen MR) is 120 cm³/mol. The van der Waals surface area contributed by atoms with Crippen LogP contribution in [0.2, 0.25) is 10.0 Å². The van der Waals surface area contributed by atoms with E-state index in [-0.39, 0.29) is 29.4 Å². The van der Waals surface area contributed by atoms with Crippen LogP contribution in [-0.4, -0.2) is 53.8 Å². The standard InChI is InChI=1S/C20H18Cl2N2O4S2/c21-14-5-7-15(8-6-14)28-10-19(25)23-20-24(9-13-3-1-2-4-16(13)22)17-11-30(26,27)12-18(17)29-20/h1-8,17-18H,9-12H2/t17-,18+/m1/s1. The molecule has 2 heterocycles. The average molecular weight is 485 g/mol. The van der Waals surface area contributed by atoms with E-state index in [0.717, 1.165) is 5.56 Å². The largest absolute Gasteiger partial charge is 0.484 e. The molecule has 6 nitrogen and oxygen atoms in total. The number of benzene rings is 2. The van der Waals surface area contributed by atoms with Gasteiger partial charge in [-0.05, 0) is 35.9 Å². The van der Waals surface area contributed by atoms with Crippen molar-refractivity contribution in [2.75, 3.05) is 18.1 Å². The second kappa shape index (κ2) is 8.78. The van der Waals surface area contributed by atoms with Crippen LogP contribution in [0.4, 0.5) is 0 Å². The predicted octanol–water partition coefficient (Wildman–Crippen LogP) is 3.67. The zero-order valence-electron chi connectivity index (χ0n) is 15.7. The van der Waals surface area contributed by atoms with Crippen molar-refractivity contribution in [3.8, 4) is 5.75 Å². The molecule has 2 aliphatic heterocycles. The highest BCUT2D eigenvalue weighted by Crippen LogP contribution is 2.39. The molecule has 2 atom stereocenters. The third-order valence-corrected chi connectivity index (χ3v) is 8.74. The molecule has 0 spiro atoms. The average Bonchev–Trinajstić information content (AvgIpc) is 3.15. The van der Waals surface area contributed by atoms with Gasteiger partial charge >= 0.3 is 0 Å². The minimum atomic E-state index is -3.11.